The third-order valence-corrected chi connectivity index (χ3v) is 2.95. The summed E-state index contributed by atoms with van der Waals surface area (Å²) in [4.78, 5) is 0. The summed E-state index contributed by atoms with van der Waals surface area (Å²) in [6.45, 7) is 11.8. The fraction of sp³-hybridized carbons (Fsp3) is 0.500. The molecule has 1 N–H and O–H groups in total. The lowest BCUT2D eigenvalue weighted by Crippen LogP contribution is -2.13. The molecule has 0 radical (unpaired) electrons. The fourth-order valence-electron chi connectivity index (χ4n) is 1.77. The largest absolute Gasteiger partial charge is 0.385 e. The molecule has 0 saturated heterocycles. The number of aryl methyl sites for hydroxylation is 1. The van der Waals surface area contributed by atoms with E-state index < -0.39 is 0 Å². The van der Waals surface area contributed by atoms with E-state index in [-0.39, 0.29) is 0 Å². The Kier molecular flexibility index (Phi) is 5.82. The molecule has 94 valence electrons. The molecule has 1 aromatic rings. The van der Waals surface area contributed by atoms with Crippen molar-refractivity contribution in [2.45, 2.75) is 40.0 Å². The van der Waals surface area contributed by atoms with Crippen molar-refractivity contribution in [2.75, 3.05) is 6.54 Å². The summed E-state index contributed by atoms with van der Waals surface area (Å²) in [5.74, 6) is 0.815. The first-order valence-electron chi connectivity index (χ1n) is 6.59. The molecule has 0 aliphatic carbocycles. The average molecular weight is 231 g/mol. The summed E-state index contributed by atoms with van der Waals surface area (Å²) in [5, 5.41) is 3.40. The number of benzene rings is 1. The molecule has 0 spiro atoms. The van der Waals surface area contributed by atoms with E-state index in [1.807, 2.05) is 0 Å². The second-order valence-corrected chi connectivity index (χ2v) is 5.16. The minimum absolute atomic E-state index is 0.815. The van der Waals surface area contributed by atoms with Gasteiger partial charge < -0.3 is 5.32 Å². The van der Waals surface area contributed by atoms with Crippen LogP contribution in [-0.4, -0.2) is 6.54 Å². The molecule has 17 heavy (non-hydrogen) atoms. The van der Waals surface area contributed by atoms with Gasteiger partial charge in [-0.05, 0) is 24.8 Å². The van der Waals surface area contributed by atoms with E-state index in [0.717, 1.165) is 18.2 Å². The van der Waals surface area contributed by atoms with Crippen LogP contribution in [0.2, 0.25) is 0 Å². The highest BCUT2D eigenvalue weighted by Crippen LogP contribution is 2.11. The van der Waals surface area contributed by atoms with Gasteiger partial charge in [-0.15, -0.1) is 0 Å². The first kappa shape index (κ1) is 13.8. The van der Waals surface area contributed by atoms with Gasteiger partial charge in [0.05, 0.1) is 0 Å². The van der Waals surface area contributed by atoms with Gasteiger partial charge in [-0.25, -0.2) is 0 Å². The molecule has 0 atom stereocenters. The lowest BCUT2D eigenvalue weighted by atomic mass is 10.1. The average Bonchev–Trinajstić information content (AvgIpc) is 2.29. The monoisotopic (exact) mass is 231 g/mol. The van der Waals surface area contributed by atoms with Gasteiger partial charge >= 0.3 is 0 Å². The standard InChI is InChI=1S/C16H25N/c1-13(2)7-5-6-12-17-15(4)16-10-8-14(3)9-11-16/h8-11,13,17H,4-7,12H2,1-3H3. The molecule has 0 fully saturated rings. The van der Waals surface area contributed by atoms with Crippen LogP contribution < -0.4 is 5.32 Å². The van der Waals surface area contributed by atoms with Crippen LogP contribution >= 0.6 is 0 Å². The predicted molar refractivity (Wildman–Crippen MR) is 76.9 cm³/mol. The van der Waals surface area contributed by atoms with E-state index in [0.29, 0.717) is 0 Å². The Hall–Kier alpha value is -1.24. The summed E-state index contributed by atoms with van der Waals surface area (Å²) in [5.41, 5.74) is 3.52. The maximum Gasteiger partial charge on any atom is 0.0340 e. The third kappa shape index (κ3) is 5.58. The van der Waals surface area contributed by atoms with Crippen LogP contribution in [-0.2, 0) is 0 Å². The van der Waals surface area contributed by atoms with Crippen LogP contribution in [0.15, 0.2) is 30.8 Å². The molecule has 0 aliphatic rings. The van der Waals surface area contributed by atoms with Crippen molar-refractivity contribution in [3.05, 3.63) is 42.0 Å². The summed E-state index contributed by atoms with van der Waals surface area (Å²) in [6, 6.07) is 8.50. The lowest BCUT2D eigenvalue weighted by molar-refractivity contribution is 0.535. The van der Waals surface area contributed by atoms with E-state index in [9.17, 15) is 0 Å². The highest BCUT2D eigenvalue weighted by molar-refractivity contribution is 5.61. The first-order valence-corrected chi connectivity index (χ1v) is 6.59. The van der Waals surface area contributed by atoms with E-state index in [1.54, 1.807) is 0 Å². The molecule has 1 nitrogen and oxygen atoms in total. The van der Waals surface area contributed by atoms with Gasteiger partial charge in [0.2, 0.25) is 0 Å². The second-order valence-electron chi connectivity index (χ2n) is 5.16. The molecule has 1 aromatic carbocycles. The van der Waals surface area contributed by atoms with Crippen LogP contribution in [0.25, 0.3) is 5.70 Å². The summed E-state index contributed by atoms with van der Waals surface area (Å²) in [6.07, 6.45) is 3.84. The Morgan fingerprint density at radius 3 is 2.41 bits per heavy atom. The van der Waals surface area contributed by atoms with Gasteiger partial charge in [0.1, 0.15) is 0 Å². The van der Waals surface area contributed by atoms with Crippen molar-refractivity contribution < 1.29 is 0 Å². The number of nitrogens with one attached hydrogen (secondary N) is 1. The zero-order valence-corrected chi connectivity index (χ0v) is 11.4. The molecular formula is C16H25N. The summed E-state index contributed by atoms with van der Waals surface area (Å²) >= 11 is 0. The zero-order chi connectivity index (χ0) is 12.7. The lowest BCUT2D eigenvalue weighted by Gasteiger charge is -2.10. The highest BCUT2D eigenvalue weighted by atomic mass is 14.9. The third-order valence-electron chi connectivity index (χ3n) is 2.95. The maximum atomic E-state index is 4.08. The van der Waals surface area contributed by atoms with Crippen molar-refractivity contribution in [1.82, 2.24) is 5.32 Å². The SMILES string of the molecule is C=C(NCCCCC(C)C)c1ccc(C)cc1. The van der Waals surface area contributed by atoms with Crippen molar-refractivity contribution in [1.29, 1.82) is 0 Å². The van der Waals surface area contributed by atoms with Crippen molar-refractivity contribution in [3.8, 4) is 0 Å². The van der Waals surface area contributed by atoms with Crippen molar-refractivity contribution >= 4 is 5.70 Å². The second kappa shape index (κ2) is 7.16. The molecule has 0 aliphatic heterocycles. The first-order chi connectivity index (χ1) is 8.09. The smallest absolute Gasteiger partial charge is 0.0340 e. The van der Waals surface area contributed by atoms with Crippen LogP contribution in [0.5, 0.6) is 0 Å². The Labute approximate surface area is 106 Å². The van der Waals surface area contributed by atoms with E-state index in [4.69, 9.17) is 0 Å². The molecular weight excluding hydrogens is 206 g/mol. The van der Waals surface area contributed by atoms with E-state index in [2.05, 4.69) is 56.9 Å². The fourth-order valence-corrected chi connectivity index (χ4v) is 1.77. The van der Waals surface area contributed by atoms with E-state index >= 15 is 0 Å². The topological polar surface area (TPSA) is 12.0 Å². The minimum Gasteiger partial charge on any atom is -0.385 e. The highest BCUT2D eigenvalue weighted by Gasteiger charge is 1.98. The molecule has 0 unspecified atom stereocenters. The minimum atomic E-state index is 0.815. The molecule has 0 saturated carbocycles. The molecule has 1 heteroatoms. The number of hydrogen-bond donors (Lipinski definition) is 1. The Bertz CT molecular complexity index is 335. The van der Waals surface area contributed by atoms with E-state index in [1.165, 1.54) is 30.4 Å². The van der Waals surface area contributed by atoms with Crippen LogP contribution in [0.3, 0.4) is 0 Å². The number of unbranched alkanes of at least 4 members (excludes halogenated alkanes) is 1. The van der Waals surface area contributed by atoms with Gasteiger partial charge in [0.15, 0.2) is 0 Å². The Morgan fingerprint density at radius 1 is 1.18 bits per heavy atom. The van der Waals surface area contributed by atoms with Crippen LogP contribution in [0.1, 0.15) is 44.2 Å². The van der Waals surface area contributed by atoms with Crippen molar-refractivity contribution in [2.24, 2.45) is 5.92 Å². The van der Waals surface area contributed by atoms with Gasteiger partial charge in [0.25, 0.3) is 0 Å². The molecule has 0 aromatic heterocycles. The quantitative estimate of drug-likeness (QED) is 0.687. The van der Waals surface area contributed by atoms with Gasteiger partial charge in [-0.1, -0.05) is 63.1 Å². The Balaban J connectivity index is 2.23. The summed E-state index contributed by atoms with van der Waals surface area (Å²) in [7, 11) is 0. The summed E-state index contributed by atoms with van der Waals surface area (Å²) < 4.78 is 0. The number of rotatable bonds is 7. The Morgan fingerprint density at radius 2 is 1.82 bits per heavy atom. The van der Waals surface area contributed by atoms with Crippen LogP contribution in [0, 0.1) is 12.8 Å². The molecule has 1 rings (SSSR count). The van der Waals surface area contributed by atoms with Gasteiger partial charge in [-0.2, -0.15) is 0 Å². The molecule has 0 amide bonds. The van der Waals surface area contributed by atoms with Crippen molar-refractivity contribution in [3.63, 3.8) is 0 Å². The van der Waals surface area contributed by atoms with Gasteiger partial charge in [-0.3, -0.25) is 0 Å². The predicted octanol–water partition coefficient (Wildman–Crippen LogP) is 4.38. The normalized spacial score (nSPS) is 10.6. The molecule has 0 heterocycles. The number of hydrogen-bond acceptors (Lipinski definition) is 1. The molecule has 0 bridgehead atoms. The van der Waals surface area contributed by atoms with Crippen LogP contribution in [0.4, 0.5) is 0 Å². The zero-order valence-electron chi connectivity index (χ0n) is 11.4. The van der Waals surface area contributed by atoms with Gasteiger partial charge in [0, 0.05) is 12.2 Å². The maximum absolute atomic E-state index is 4.08.